The molecule has 5 heteroatoms. The molecule has 0 saturated carbocycles. The van der Waals surface area contributed by atoms with Gasteiger partial charge in [-0.3, -0.25) is 4.98 Å². The van der Waals surface area contributed by atoms with E-state index in [2.05, 4.69) is 4.98 Å². The van der Waals surface area contributed by atoms with Crippen LogP contribution in [0.1, 0.15) is 5.56 Å². The number of alkyl halides is 1. The SMILES string of the molecule is Fc1ccc(Oc2cnccc2CCl)cc1Cl. The predicted octanol–water partition coefficient (Wildman–Crippen LogP) is 4.41. The van der Waals surface area contributed by atoms with E-state index >= 15 is 0 Å². The standard InChI is InChI=1S/C12H8Cl2FNO/c13-6-8-3-4-16-7-12(8)17-9-1-2-11(15)10(14)5-9/h1-5,7H,6H2. The summed E-state index contributed by atoms with van der Waals surface area (Å²) in [5, 5.41) is 0.0128. The van der Waals surface area contributed by atoms with Crippen molar-refractivity contribution in [1.29, 1.82) is 0 Å². The molecule has 0 radical (unpaired) electrons. The second-order valence-electron chi connectivity index (χ2n) is 3.30. The molecule has 2 rings (SSSR count). The van der Waals surface area contributed by atoms with Crippen LogP contribution in [0.15, 0.2) is 36.7 Å². The average Bonchev–Trinajstić information content (AvgIpc) is 2.34. The first-order chi connectivity index (χ1) is 8.20. The second-order valence-corrected chi connectivity index (χ2v) is 3.97. The van der Waals surface area contributed by atoms with Gasteiger partial charge < -0.3 is 4.74 Å². The summed E-state index contributed by atoms with van der Waals surface area (Å²) in [6.45, 7) is 0. The number of rotatable bonds is 3. The first-order valence-electron chi connectivity index (χ1n) is 4.82. The van der Waals surface area contributed by atoms with Gasteiger partial charge in [-0.15, -0.1) is 11.6 Å². The molecule has 1 aromatic carbocycles. The molecular formula is C12H8Cl2FNO. The second kappa shape index (κ2) is 5.34. The first-order valence-corrected chi connectivity index (χ1v) is 5.73. The van der Waals surface area contributed by atoms with E-state index in [9.17, 15) is 4.39 Å². The van der Waals surface area contributed by atoms with Crippen molar-refractivity contribution in [2.75, 3.05) is 0 Å². The van der Waals surface area contributed by atoms with E-state index in [0.29, 0.717) is 17.4 Å². The van der Waals surface area contributed by atoms with Crippen LogP contribution in [0.2, 0.25) is 5.02 Å². The van der Waals surface area contributed by atoms with Gasteiger partial charge in [0.25, 0.3) is 0 Å². The molecule has 88 valence electrons. The summed E-state index contributed by atoms with van der Waals surface area (Å²) in [4.78, 5) is 3.94. The van der Waals surface area contributed by atoms with Crippen LogP contribution in [0, 0.1) is 5.82 Å². The van der Waals surface area contributed by atoms with Crippen LogP contribution in [-0.4, -0.2) is 4.98 Å². The van der Waals surface area contributed by atoms with Crippen LogP contribution in [0.4, 0.5) is 4.39 Å². The van der Waals surface area contributed by atoms with Crippen LogP contribution >= 0.6 is 23.2 Å². The van der Waals surface area contributed by atoms with Crippen molar-refractivity contribution in [3.8, 4) is 11.5 Å². The van der Waals surface area contributed by atoms with E-state index in [4.69, 9.17) is 27.9 Å². The Morgan fingerprint density at radius 2 is 2.12 bits per heavy atom. The Hall–Kier alpha value is -1.32. The van der Waals surface area contributed by atoms with E-state index in [1.165, 1.54) is 18.2 Å². The fourth-order valence-electron chi connectivity index (χ4n) is 1.28. The normalized spacial score (nSPS) is 10.3. The lowest BCUT2D eigenvalue weighted by molar-refractivity contribution is 0.474. The summed E-state index contributed by atoms with van der Waals surface area (Å²) in [6, 6.07) is 5.90. The van der Waals surface area contributed by atoms with Crippen molar-refractivity contribution < 1.29 is 9.13 Å². The molecular weight excluding hydrogens is 264 g/mol. The van der Waals surface area contributed by atoms with Gasteiger partial charge >= 0.3 is 0 Å². The number of ether oxygens (including phenoxy) is 1. The van der Waals surface area contributed by atoms with Crippen molar-refractivity contribution in [3.05, 3.63) is 53.1 Å². The Morgan fingerprint density at radius 1 is 1.29 bits per heavy atom. The Morgan fingerprint density at radius 3 is 2.82 bits per heavy atom. The monoisotopic (exact) mass is 271 g/mol. The highest BCUT2D eigenvalue weighted by molar-refractivity contribution is 6.30. The zero-order valence-corrected chi connectivity index (χ0v) is 10.2. The molecule has 0 unspecified atom stereocenters. The molecule has 0 atom stereocenters. The smallest absolute Gasteiger partial charge is 0.150 e. The predicted molar refractivity (Wildman–Crippen MR) is 65.3 cm³/mol. The highest BCUT2D eigenvalue weighted by atomic mass is 35.5. The van der Waals surface area contributed by atoms with Gasteiger partial charge in [0.15, 0.2) is 0 Å². The van der Waals surface area contributed by atoms with Crippen LogP contribution < -0.4 is 4.74 Å². The van der Waals surface area contributed by atoms with E-state index in [-0.39, 0.29) is 5.02 Å². The fourth-order valence-corrected chi connectivity index (χ4v) is 1.67. The zero-order valence-electron chi connectivity index (χ0n) is 8.66. The molecule has 0 aliphatic heterocycles. The maximum Gasteiger partial charge on any atom is 0.150 e. The molecule has 0 amide bonds. The number of pyridine rings is 1. The number of hydrogen-bond donors (Lipinski definition) is 0. The van der Waals surface area contributed by atoms with Gasteiger partial charge in [-0.25, -0.2) is 4.39 Å². The average molecular weight is 272 g/mol. The molecule has 17 heavy (non-hydrogen) atoms. The van der Waals surface area contributed by atoms with Crippen molar-refractivity contribution >= 4 is 23.2 Å². The van der Waals surface area contributed by atoms with E-state index < -0.39 is 5.82 Å². The molecule has 0 aliphatic carbocycles. The topological polar surface area (TPSA) is 22.1 Å². The molecule has 0 bridgehead atoms. The van der Waals surface area contributed by atoms with Crippen molar-refractivity contribution in [2.24, 2.45) is 0 Å². The Kier molecular flexibility index (Phi) is 3.82. The summed E-state index contributed by atoms with van der Waals surface area (Å²) in [5.74, 6) is 0.802. The third kappa shape index (κ3) is 2.87. The zero-order chi connectivity index (χ0) is 12.3. The number of halogens is 3. The molecule has 2 aromatic rings. The lowest BCUT2D eigenvalue weighted by Crippen LogP contribution is -1.91. The van der Waals surface area contributed by atoms with Crippen LogP contribution in [0.3, 0.4) is 0 Å². The minimum atomic E-state index is -0.484. The number of benzene rings is 1. The summed E-state index contributed by atoms with van der Waals surface area (Å²) in [6.07, 6.45) is 3.18. The van der Waals surface area contributed by atoms with Gasteiger partial charge in [0.05, 0.1) is 17.1 Å². The van der Waals surface area contributed by atoms with Crippen LogP contribution in [0.5, 0.6) is 11.5 Å². The summed E-state index contributed by atoms with van der Waals surface area (Å²) < 4.78 is 18.5. The number of aromatic nitrogens is 1. The minimum absolute atomic E-state index is 0.0128. The highest BCUT2D eigenvalue weighted by Gasteiger charge is 2.06. The van der Waals surface area contributed by atoms with Gasteiger partial charge in [-0.05, 0) is 18.2 Å². The molecule has 2 nitrogen and oxygen atoms in total. The van der Waals surface area contributed by atoms with E-state index in [1.807, 2.05) is 0 Å². The Labute approximate surface area is 108 Å². The molecule has 0 aliphatic rings. The quantitative estimate of drug-likeness (QED) is 0.772. The van der Waals surface area contributed by atoms with E-state index in [0.717, 1.165) is 5.56 Å². The van der Waals surface area contributed by atoms with Crippen molar-refractivity contribution in [3.63, 3.8) is 0 Å². The molecule has 1 aromatic heterocycles. The van der Waals surface area contributed by atoms with Gasteiger partial charge in [0.2, 0.25) is 0 Å². The molecule has 0 spiro atoms. The third-order valence-electron chi connectivity index (χ3n) is 2.13. The van der Waals surface area contributed by atoms with Gasteiger partial charge in [0, 0.05) is 17.8 Å². The number of nitrogens with zero attached hydrogens (tertiary/aromatic N) is 1. The highest BCUT2D eigenvalue weighted by Crippen LogP contribution is 2.28. The lowest BCUT2D eigenvalue weighted by Gasteiger charge is -2.09. The molecule has 1 heterocycles. The van der Waals surface area contributed by atoms with E-state index in [1.54, 1.807) is 18.5 Å². The molecule has 0 saturated heterocycles. The third-order valence-corrected chi connectivity index (χ3v) is 2.71. The maximum absolute atomic E-state index is 13.0. The summed E-state index contributed by atoms with van der Waals surface area (Å²) in [7, 11) is 0. The summed E-state index contributed by atoms with van der Waals surface area (Å²) in [5.41, 5.74) is 0.808. The van der Waals surface area contributed by atoms with Gasteiger partial charge in [-0.2, -0.15) is 0 Å². The van der Waals surface area contributed by atoms with Crippen molar-refractivity contribution in [1.82, 2.24) is 4.98 Å². The van der Waals surface area contributed by atoms with Crippen LogP contribution in [0.25, 0.3) is 0 Å². The fraction of sp³-hybridized carbons (Fsp3) is 0.0833. The Balaban J connectivity index is 2.28. The summed E-state index contributed by atoms with van der Waals surface area (Å²) >= 11 is 11.4. The van der Waals surface area contributed by atoms with Crippen LogP contribution in [-0.2, 0) is 5.88 Å². The van der Waals surface area contributed by atoms with Gasteiger partial charge in [-0.1, -0.05) is 11.6 Å². The van der Waals surface area contributed by atoms with Gasteiger partial charge in [0.1, 0.15) is 17.3 Å². The molecule has 0 fully saturated rings. The lowest BCUT2D eigenvalue weighted by atomic mass is 10.3. The maximum atomic E-state index is 13.0. The number of hydrogen-bond acceptors (Lipinski definition) is 2. The largest absolute Gasteiger partial charge is 0.455 e. The molecule has 0 N–H and O–H groups in total. The Bertz CT molecular complexity index is 534. The van der Waals surface area contributed by atoms with Crippen molar-refractivity contribution in [2.45, 2.75) is 5.88 Å². The first kappa shape index (κ1) is 12.1. The minimum Gasteiger partial charge on any atom is -0.455 e.